The molecular formula is C19H20N2O4S. The molecule has 0 aliphatic rings. The molecule has 0 spiro atoms. The first kappa shape index (κ1) is 18.0. The Kier molecular flexibility index (Phi) is 5.27. The van der Waals surface area contributed by atoms with Crippen molar-refractivity contribution in [1.29, 1.82) is 0 Å². The molecule has 0 aliphatic carbocycles. The predicted molar refractivity (Wildman–Crippen MR) is 99.6 cm³/mol. The zero-order valence-electron chi connectivity index (χ0n) is 14.5. The molecule has 136 valence electrons. The van der Waals surface area contributed by atoms with E-state index in [1.165, 1.54) is 12.1 Å². The minimum absolute atomic E-state index is 0.0534. The van der Waals surface area contributed by atoms with Gasteiger partial charge in [0.2, 0.25) is 0 Å². The average molecular weight is 372 g/mol. The number of benzene rings is 2. The van der Waals surface area contributed by atoms with Gasteiger partial charge in [0.25, 0.3) is 10.0 Å². The van der Waals surface area contributed by atoms with Gasteiger partial charge in [-0.15, -0.1) is 0 Å². The van der Waals surface area contributed by atoms with Crippen LogP contribution in [-0.4, -0.2) is 19.7 Å². The van der Waals surface area contributed by atoms with Crippen LogP contribution in [0.15, 0.2) is 70.1 Å². The van der Waals surface area contributed by atoms with Gasteiger partial charge in [0.1, 0.15) is 5.69 Å². The van der Waals surface area contributed by atoms with E-state index in [9.17, 15) is 8.42 Å². The van der Waals surface area contributed by atoms with Gasteiger partial charge < -0.3 is 9.26 Å². The van der Waals surface area contributed by atoms with Crippen molar-refractivity contribution in [3.05, 3.63) is 60.7 Å². The van der Waals surface area contributed by atoms with Gasteiger partial charge in [-0.25, -0.2) is 8.42 Å². The summed E-state index contributed by atoms with van der Waals surface area (Å²) in [5.74, 6) is 0.0534. The van der Waals surface area contributed by atoms with Gasteiger partial charge in [-0.1, -0.05) is 60.6 Å². The highest BCUT2D eigenvalue weighted by Crippen LogP contribution is 2.37. The molecule has 6 nitrogen and oxygen atoms in total. The summed E-state index contributed by atoms with van der Waals surface area (Å²) in [4.78, 5) is 0.148. The van der Waals surface area contributed by atoms with Crippen molar-refractivity contribution in [2.45, 2.75) is 31.3 Å². The number of nitrogens with zero attached hydrogens (tertiary/aromatic N) is 1. The highest BCUT2D eigenvalue weighted by Gasteiger charge is 2.25. The standard InChI is InChI=1S/C19H20N2O4S/c1-3-14(2)24-19-18(17(20-25-19)15-10-6-4-7-11-15)21-26(22,23)16-12-8-5-9-13-16/h4-14,21H,3H2,1-2H3. The summed E-state index contributed by atoms with van der Waals surface area (Å²) in [6, 6.07) is 17.3. The first-order valence-corrected chi connectivity index (χ1v) is 9.79. The van der Waals surface area contributed by atoms with Crippen molar-refractivity contribution >= 4 is 15.7 Å². The molecule has 7 heteroatoms. The molecule has 1 N–H and O–H groups in total. The number of anilines is 1. The van der Waals surface area contributed by atoms with Crippen molar-refractivity contribution in [2.24, 2.45) is 0 Å². The second-order valence-corrected chi connectivity index (χ2v) is 7.50. The molecule has 0 bridgehead atoms. The number of sulfonamides is 1. The number of aromatic nitrogens is 1. The molecule has 26 heavy (non-hydrogen) atoms. The highest BCUT2D eigenvalue weighted by molar-refractivity contribution is 7.92. The molecule has 0 fully saturated rings. The molecule has 0 radical (unpaired) electrons. The molecule has 3 aromatic rings. The van der Waals surface area contributed by atoms with E-state index in [4.69, 9.17) is 9.26 Å². The van der Waals surface area contributed by atoms with E-state index >= 15 is 0 Å². The molecule has 2 aromatic carbocycles. The van der Waals surface area contributed by atoms with Crippen molar-refractivity contribution in [2.75, 3.05) is 4.72 Å². The molecule has 1 unspecified atom stereocenters. The molecule has 0 saturated heterocycles. The third-order valence-corrected chi connectivity index (χ3v) is 5.25. The van der Waals surface area contributed by atoms with E-state index in [0.717, 1.165) is 12.0 Å². The van der Waals surface area contributed by atoms with Gasteiger partial charge in [-0.3, -0.25) is 4.72 Å². The average Bonchev–Trinajstić information content (AvgIpc) is 3.04. The fraction of sp³-hybridized carbons (Fsp3) is 0.211. The van der Waals surface area contributed by atoms with E-state index in [1.54, 1.807) is 18.2 Å². The molecule has 3 rings (SSSR count). The van der Waals surface area contributed by atoms with Crippen LogP contribution < -0.4 is 9.46 Å². The summed E-state index contributed by atoms with van der Waals surface area (Å²) in [5.41, 5.74) is 1.30. The fourth-order valence-electron chi connectivity index (χ4n) is 2.30. The molecule has 1 heterocycles. The summed E-state index contributed by atoms with van der Waals surface area (Å²) < 4.78 is 39.1. The number of ether oxygens (including phenoxy) is 1. The topological polar surface area (TPSA) is 81.4 Å². The minimum atomic E-state index is -3.81. The maximum atomic E-state index is 12.8. The maximum absolute atomic E-state index is 12.8. The molecule has 1 atom stereocenters. The summed E-state index contributed by atoms with van der Waals surface area (Å²) in [7, 11) is -3.81. The zero-order chi connectivity index (χ0) is 18.6. The van der Waals surface area contributed by atoms with Gasteiger partial charge in [0, 0.05) is 5.56 Å². The Labute approximate surface area is 152 Å². The lowest BCUT2D eigenvalue weighted by molar-refractivity contribution is 0.152. The number of hydrogen-bond acceptors (Lipinski definition) is 5. The molecular weight excluding hydrogens is 352 g/mol. The summed E-state index contributed by atoms with van der Waals surface area (Å²) >= 11 is 0. The van der Waals surface area contributed by atoms with Crippen molar-refractivity contribution in [1.82, 2.24) is 5.16 Å². The van der Waals surface area contributed by atoms with Gasteiger partial charge >= 0.3 is 5.95 Å². The lowest BCUT2D eigenvalue weighted by Gasteiger charge is -2.12. The Morgan fingerprint density at radius 2 is 1.69 bits per heavy atom. The van der Waals surface area contributed by atoms with Gasteiger partial charge in [0.05, 0.1) is 11.0 Å². The van der Waals surface area contributed by atoms with Crippen LogP contribution in [-0.2, 0) is 10.0 Å². The van der Waals surface area contributed by atoms with Crippen LogP contribution in [0.2, 0.25) is 0 Å². The van der Waals surface area contributed by atoms with Gasteiger partial charge in [-0.05, 0) is 25.5 Å². The maximum Gasteiger partial charge on any atom is 0.336 e. The Bertz CT molecular complexity index is 954. The smallest absolute Gasteiger partial charge is 0.336 e. The van der Waals surface area contributed by atoms with Crippen molar-refractivity contribution in [3.8, 4) is 17.2 Å². The summed E-state index contributed by atoms with van der Waals surface area (Å²) in [5, 5.41) is 4.02. The fourth-order valence-corrected chi connectivity index (χ4v) is 3.38. The van der Waals surface area contributed by atoms with E-state index in [2.05, 4.69) is 9.88 Å². The van der Waals surface area contributed by atoms with E-state index in [1.807, 2.05) is 44.2 Å². The van der Waals surface area contributed by atoms with Crippen LogP contribution in [0.5, 0.6) is 5.95 Å². The van der Waals surface area contributed by atoms with Gasteiger partial charge in [-0.2, -0.15) is 0 Å². The highest BCUT2D eigenvalue weighted by atomic mass is 32.2. The number of hydrogen-bond donors (Lipinski definition) is 1. The number of nitrogens with one attached hydrogen (secondary N) is 1. The zero-order valence-corrected chi connectivity index (χ0v) is 15.4. The third-order valence-electron chi connectivity index (χ3n) is 3.88. The van der Waals surface area contributed by atoms with E-state index in [-0.39, 0.29) is 22.6 Å². The summed E-state index contributed by atoms with van der Waals surface area (Å²) in [6.07, 6.45) is 0.596. The second kappa shape index (κ2) is 7.61. The first-order chi connectivity index (χ1) is 12.5. The van der Waals surface area contributed by atoms with E-state index in [0.29, 0.717) is 5.69 Å². The number of rotatable bonds is 7. The molecule has 0 aliphatic heterocycles. The monoisotopic (exact) mass is 372 g/mol. The summed E-state index contributed by atoms with van der Waals surface area (Å²) in [6.45, 7) is 3.84. The Morgan fingerprint density at radius 1 is 1.08 bits per heavy atom. The van der Waals surface area contributed by atoms with Crippen LogP contribution in [0, 0.1) is 0 Å². The Hall–Kier alpha value is -2.80. The second-order valence-electron chi connectivity index (χ2n) is 5.81. The van der Waals surface area contributed by atoms with Crippen LogP contribution in [0.1, 0.15) is 20.3 Å². The third kappa shape index (κ3) is 3.88. The largest absolute Gasteiger partial charge is 0.459 e. The lowest BCUT2D eigenvalue weighted by atomic mass is 10.1. The SMILES string of the molecule is CCC(C)Oc1onc(-c2ccccc2)c1NS(=O)(=O)c1ccccc1. The minimum Gasteiger partial charge on any atom is -0.459 e. The predicted octanol–water partition coefficient (Wildman–Crippen LogP) is 4.32. The van der Waals surface area contributed by atoms with Gasteiger partial charge in [0.15, 0.2) is 5.69 Å². The molecule has 0 saturated carbocycles. The lowest BCUT2D eigenvalue weighted by Crippen LogP contribution is -2.15. The Morgan fingerprint density at radius 3 is 2.31 bits per heavy atom. The molecule has 0 amide bonds. The van der Waals surface area contributed by atoms with Crippen molar-refractivity contribution in [3.63, 3.8) is 0 Å². The Balaban J connectivity index is 2.04. The molecule has 1 aromatic heterocycles. The first-order valence-electron chi connectivity index (χ1n) is 8.31. The van der Waals surface area contributed by atoms with Crippen molar-refractivity contribution < 1.29 is 17.7 Å². The van der Waals surface area contributed by atoms with Crippen LogP contribution in [0.25, 0.3) is 11.3 Å². The van der Waals surface area contributed by atoms with E-state index < -0.39 is 10.0 Å². The van der Waals surface area contributed by atoms with Crippen LogP contribution in [0.3, 0.4) is 0 Å². The van der Waals surface area contributed by atoms with Crippen LogP contribution >= 0.6 is 0 Å². The quantitative estimate of drug-likeness (QED) is 0.668. The van der Waals surface area contributed by atoms with Crippen LogP contribution in [0.4, 0.5) is 5.69 Å². The normalized spacial score (nSPS) is 12.5.